The predicted molar refractivity (Wildman–Crippen MR) is 106 cm³/mol. The monoisotopic (exact) mass is 400 g/mol. The number of thioether (sulfide) groups is 1. The average Bonchev–Trinajstić information content (AvgIpc) is 3.20. The molecule has 146 valence electrons. The zero-order chi connectivity index (χ0) is 20.3. The van der Waals surface area contributed by atoms with Gasteiger partial charge in [-0.3, -0.25) is 9.59 Å². The maximum atomic E-state index is 12.2. The fourth-order valence-electron chi connectivity index (χ4n) is 2.52. The van der Waals surface area contributed by atoms with Gasteiger partial charge in [0.2, 0.25) is 11.1 Å². The van der Waals surface area contributed by atoms with Crippen molar-refractivity contribution < 1.29 is 9.59 Å². The van der Waals surface area contributed by atoms with E-state index < -0.39 is 0 Å². The molecule has 0 atom stereocenters. The van der Waals surface area contributed by atoms with E-state index in [1.165, 1.54) is 4.68 Å². The van der Waals surface area contributed by atoms with Gasteiger partial charge in [-0.1, -0.05) is 11.8 Å². The van der Waals surface area contributed by atoms with Gasteiger partial charge in [-0.05, 0) is 44.2 Å². The van der Waals surface area contributed by atoms with Crippen molar-refractivity contribution in [2.45, 2.75) is 19.0 Å². The number of nitrogen functional groups attached to an aromatic ring is 1. The van der Waals surface area contributed by atoms with Gasteiger partial charge in [0.1, 0.15) is 0 Å². The van der Waals surface area contributed by atoms with Crippen molar-refractivity contribution in [2.24, 2.45) is 0 Å². The maximum Gasteiger partial charge on any atom is 0.271 e. The third-order valence-corrected chi connectivity index (χ3v) is 4.78. The minimum Gasteiger partial charge on any atom is -0.355 e. The molecule has 0 saturated carbocycles. The highest BCUT2D eigenvalue weighted by Crippen LogP contribution is 2.18. The van der Waals surface area contributed by atoms with Crippen LogP contribution in [0.2, 0.25) is 0 Å². The smallest absolute Gasteiger partial charge is 0.271 e. The summed E-state index contributed by atoms with van der Waals surface area (Å²) in [5, 5.41) is 18.1. The number of carbonyl (C=O) groups is 2. The predicted octanol–water partition coefficient (Wildman–Crippen LogP) is 0.885. The first-order valence-corrected chi connectivity index (χ1v) is 9.36. The molecule has 1 aromatic carbocycles. The molecule has 0 aliphatic rings. The Labute approximate surface area is 165 Å². The van der Waals surface area contributed by atoms with Crippen LogP contribution < -0.4 is 16.5 Å². The molecule has 2 aromatic heterocycles. The lowest BCUT2D eigenvalue weighted by Crippen LogP contribution is -2.19. The summed E-state index contributed by atoms with van der Waals surface area (Å²) in [6, 6.07) is 8.51. The molecule has 0 radical (unpaired) electrons. The summed E-state index contributed by atoms with van der Waals surface area (Å²) in [4.78, 5) is 23.7. The normalized spacial score (nSPS) is 10.7. The van der Waals surface area contributed by atoms with E-state index in [1.54, 1.807) is 36.0 Å². The number of rotatable bonds is 6. The van der Waals surface area contributed by atoms with E-state index in [-0.39, 0.29) is 17.6 Å². The number of aromatic nitrogens is 5. The zero-order valence-electron chi connectivity index (χ0n) is 15.6. The van der Waals surface area contributed by atoms with E-state index in [0.717, 1.165) is 23.1 Å². The highest BCUT2D eigenvalue weighted by Gasteiger charge is 2.16. The Hall–Kier alpha value is -3.34. The fourth-order valence-corrected chi connectivity index (χ4v) is 3.17. The van der Waals surface area contributed by atoms with Crippen LogP contribution in [0.3, 0.4) is 0 Å². The van der Waals surface area contributed by atoms with Crippen molar-refractivity contribution in [1.82, 2.24) is 30.0 Å². The van der Waals surface area contributed by atoms with E-state index in [4.69, 9.17) is 5.84 Å². The number of benzene rings is 1. The Kier molecular flexibility index (Phi) is 5.64. The standard InChI is InChI=1S/C17H20N8O2S/c1-10-8-11(2)25(23-10)16-21-22-17(24(16)18)28-9-14(26)20-13-6-4-12(5-7-13)15(27)19-3/h4-8H,9,18H2,1-3H3,(H,19,27)(H,20,26). The Bertz CT molecular complexity index is 1010. The van der Waals surface area contributed by atoms with E-state index >= 15 is 0 Å². The van der Waals surface area contributed by atoms with Crippen molar-refractivity contribution in [3.8, 4) is 5.95 Å². The minimum absolute atomic E-state index is 0.101. The molecule has 0 saturated heterocycles. The number of carbonyl (C=O) groups excluding carboxylic acids is 2. The van der Waals surface area contributed by atoms with E-state index in [9.17, 15) is 9.59 Å². The van der Waals surface area contributed by atoms with Gasteiger partial charge < -0.3 is 16.5 Å². The van der Waals surface area contributed by atoms with E-state index in [1.807, 2.05) is 19.9 Å². The molecule has 2 amide bonds. The van der Waals surface area contributed by atoms with Crippen molar-refractivity contribution in [1.29, 1.82) is 0 Å². The Morgan fingerprint density at radius 2 is 1.89 bits per heavy atom. The Balaban J connectivity index is 1.61. The largest absolute Gasteiger partial charge is 0.355 e. The number of aryl methyl sites for hydroxylation is 2. The molecule has 3 aromatic rings. The minimum atomic E-state index is -0.228. The molecule has 11 heteroatoms. The van der Waals surface area contributed by atoms with Crippen LogP contribution in [0.15, 0.2) is 35.5 Å². The van der Waals surface area contributed by atoms with Crippen molar-refractivity contribution in [2.75, 3.05) is 24.0 Å². The van der Waals surface area contributed by atoms with Crippen LogP contribution in [0, 0.1) is 13.8 Å². The van der Waals surface area contributed by atoms with Gasteiger partial charge in [0, 0.05) is 24.0 Å². The number of hydrogen-bond acceptors (Lipinski definition) is 7. The summed E-state index contributed by atoms with van der Waals surface area (Å²) in [5.74, 6) is 6.11. The molecule has 4 N–H and O–H groups in total. The topological polar surface area (TPSA) is 133 Å². The molecule has 0 aliphatic heterocycles. The van der Waals surface area contributed by atoms with Crippen molar-refractivity contribution >= 4 is 29.3 Å². The maximum absolute atomic E-state index is 12.2. The molecule has 0 unspecified atom stereocenters. The summed E-state index contributed by atoms with van der Waals surface area (Å²) in [6.07, 6.45) is 0. The lowest BCUT2D eigenvalue weighted by molar-refractivity contribution is -0.113. The lowest BCUT2D eigenvalue weighted by Gasteiger charge is -2.07. The first-order valence-electron chi connectivity index (χ1n) is 8.38. The first-order chi connectivity index (χ1) is 13.4. The second-order valence-electron chi connectivity index (χ2n) is 5.98. The summed E-state index contributed by atoms with van der Waals surface area (Å²) in [7, 11) is 1.56. The Morgan fingerprint density at radius 1 is 1.18 bits per heavy atom. The lowest BCUT2D eigenvalue weighted by atomic mass is 10.2. The SMILES string of the molecule is CNC(=O)c1ccc(NC(=O)CSc2nnc(-n3nc(C)cc3C)n2N)cc1. The van der Waals surface area contributed by atoms with Crippen LogP contribution in [-0.4, -0.2) is 49.3 Å². The fraction of sp³-hybridized carbons (Fsp3) is 0.235. The first kappa shape index (κ1) is 19.4. The summed E-state index contributed by atoms with van der Waals surface area (Å²) in [6.45, 7) is 3.77. The average molecular weight is 400 g/mol. The molecule has 0 fully saturated rings. The number of nitrogens with zero attached hydrogens (tertiary/aromatic N) is 5. The molecule has 2 heterocycles. The van der Waals surface area contributed by atoms with Gasteiger partial charge >= 0.3 is 0 Å². The number of hydrogen-bond donors (Lipinski definition) is 3. The highest BCUT2D eigenvalue weighted by molar-refractivity contribution is 7.99. The molecule has 10 nitrogen and oxygen atoms in total. The van der Waals surface area contributed by atoms with Gasteiger partial charge in [-0.2, -0.15) is 5.10 Å². The van der Waals surface area contributed by atoms with Crippen molar-refractivity contribution in [3.63, 3.8) is 0 Å². The van der Waals surface area contributed by atoms with Crippen molar-refractivity contribution in [3.05, 3.63) is 47.3 Å². The molecule has 3 rings (SSSR count). The molecule has 0 bridgehead atoms. The van der Waals surface area contributed by atoms with Gasteiger partial charge in [0.25, 0.3) is 11.9 Å². The summed E-state index contributed by atoms with van der Waals surface area (Å²) in [5.41, 5.74) is 2.83. The highest BCUT2D eigenvalue weighted by atomic mass is 32.2. The summed E-state index contributed by atoms with van der Waals surface area (Å²) >= 11 is 1.16. The third-order valence-electron chi connectivity index (χ3n) is 3.84. The van der Waals surface area contributed by atoms with Gasteiger partial charge in [0.15, 0.2) is 0 Å². The third kappa shape index (κ3) is 4.14. The van der Waals surface area contributed by atoms with Crippen LogP contribution in [-0.2, 0) is 4.79 Å². The van der Waals surface area contributed by atoms with Gasteiger partial charge in [-0.15, -0.1) is 10.2 Å². The number of nitrogens with one attached hydrogen (secondary N) is 2. The zero-order valence-corrected chi connectivity index (χ0v) is 16.4. The van der Waals surface area contributed by atoms with Crippen LogP contribution in [0.4, 0.5) is 5.69 Å². The molecular formula is C17H20N8O2S. The van der Waals surface area contributed by atoms with E-state index in [0.29, 0.717) is 22.4 Å². The summed E-state index contributed by atoms with van der Waals surface area (Å²) < 4.78 is 2.90. The van der Waals surface area contributed by atoms with Crippen LogP contribution in [0.25, 0.3) is 5.95 Å². The number of anilines is 1. The van der Waals surface area contributed by atoms with Crippen LogP contribution in [0.1, 0.15) is 21.7 Å². The second kappa shape index (κ2) is 8.13. The number of nitrogens with two attached hydrogens (primary N) is 1. The second-order valence-corrected chi connectivity index (χ2v) is 6.93. The van der Waals surface area contributed by atoms with E-state index in [2.05, 4.69) is 25.9 Å². The Morgan fingerprint density at radius 3 is 2.50 bits per heavy atom. The molecular weight excluding hydrogens is 380 g/mol. The van der Waals surface area contributed by atoms with Crippen LogP contribution >= 0.6 is 11.8 Å². The quantitative estimate of drug-likeness (QED) is 0.413. The van der Waals surface area contributed by atoms with Crippen LogP contribution in [0.5, 0.6) is 0 Å². The number of amides is 2. The molecule has 0 aliphatic carbocycles. The van der Waals surface area contributed by atoms with Gasteiger partial charge in [-0.25, -0.2) is 9.36 Å². The molecule has 28 heavy (non-hydrogen) atoms. The molecule has 0 spiro atoms. The van der Waals surface area contributed by atoms with Gasteiger partial charge in [0.05, 0.1) is 11.4 Å².